The number of imidazole rings is 2. The molecule has 0 bridgehead atoms. The molecule has 27 heteroatoms. The van der Waals surface area contributed by atoms with Gasteiger partial charge < -0.3 is 25.0 Å². The van der Waals surface area contributed by atoms with Crippen LogP contribution in [0.25, 0.3) is 22.7 Å². The second-order valence-corrected chi connectivity index (χ2v) is 18.2. The van der Waals surface area contributed by atoms with E-state index in [1.165, 1.54) is 75.9 Å². The number of nitrogens with two attached hydrogens (primary N) is 1. The molecule has 0 unspecified atom stereocenters. The van der Waals surface area contributed by atoms with Crippen molar-refractivity contribution in [1.29, 1.82) is 0 Å². The van der Waals surface area contributed by atoms with E-state index >= 15 is 0 Å². The van der Waals surface area contributed by atoms with Gasteiger partial charge >= 0.3 is 5.97 Å². The maximum Gasteiger partial charge on any atom is 0.358 e. The van der Waals surface area contributed by atoms with E-state index in [-0.39, 0.29) is 40.3 Å². The molecule has 8 aromatic heterocycles. The third-order valence-electron chi connectivity index (χ3n) is 11.5. The molecule has 0 aliphatic heterocycles. The van der Waals surface area contributed by atoms with Crippen LogP contribution in [0.1, 0.15) is 92.1 Å². The zero-order chi connectivity index (χ0) is 49.2. The van der Waals surface area contributed by atoms with Crippen molar-refractivity contribution in [3.8, 4) is 11.4 Å². The lowest BCUT2D eigenvalue weighted by molar-refractivity contribution is 0.0690. The fourth-order valence-corrected chi connectivity index (χ4v) is 8.38. The van der Waals surface area contributed by atoms with Crippen LogP contribution in [-0.2, 0) is 26.2 Å². The van der Waals surface area contributed by atoms with Gasteiger partial charge in [-0.3, -0.25) is 4.79 Å². The number of fused-ring (bicyclic) bond motifs is 2. The van der Waals surface area contributed by atoms with Gasteiger partial charge in [-0.1, -0.05) is 22.6 Å². The van der Waals surface area contributed by atoms with Gasteiger partial charge in [-0.15, -0.1) is 20.4 Å². The van der Waals surface area contributed by atoms with Crippen molar-refractivity contribution in [1.82, 2.24) is 94.5 Å². The Bertz CT molecular complexity index is 3530. The number of tetrazole rings is 2. The van der Waals surface area contributed by atoms with Crippen LogP contribution < -0.4 is 11.1 Å². The Kier molecular flexibility index (Phi) is 13.2. The molecule has 2 aliphatic carbocycles. The molecule has 2 fully saturated rings. The predicted molar refractivity (Wildman–Crippen MR) is 252 cm³/mol. The lowest BCUT2D eigenvalue weighted by Gasteiger charge is -2.11. The van der Waals surface area contributed by atoms with E-state index < -0.39 is 17.7 Å². The third-order valence-corrected chi connectivity index (χ3v) is 12.7. The van der Waals surface area contributed by atoms with Crippen LogP contribution in [0.2, 0.25) is 0 Å². The molecule has 8 heterocycles. The number of carbonyl (C=O) groups is 2. The number of nitrogens with zero attached hydrogens (tertiary/aromatic N) is 18. The maximum atomic E-state index is 14.8. The number of hydrogen-bond donors (Lipinski definition) is 3. The minimum Gasteiger partial charge on any atom is -0.476 e. The number of rotatable bonds is 13. The zero-order valence-corrected chi connectivity index (χ0v) is 40.1. The summed E-state index contributed by atoms with van der Waals surface area (Å²) >= 11 is 6.27. The number of halogens is 4. The number of nitrogens with one attached hydrogen (secondary N) is 1. The van der Waals surface area contributed by atoms with Crippen LogP contribution in [0.15, 0.2) is 107 Å². The molecule has 0 atom stereocenters. The third kappa shape index (κ3) is 10.6. The predicted octanol–water partition coefficient (Wildman–Crippen LogP) is 5.23. The van der Waals surface area contributed by atoms with Crippen LogP contribution in [0.5, 0.6) is 0 Å². The minimum atomic E-state index is -1.08. The summed E-state index contributed by atoms with van der Waals surface area (Å²) in [7, 11) is 0. The van der Waals surface area contributed by atoms with Crippen LogP contribution in [0.3, 0.4) is 0 Å². The summed E-state index contributed by atoms with van der Waals surface area (Å²) < 4.78 is 38.8. The van der Waals surface area contributed by atoms with E-state index in [9.17, 15) is 18.4 Å². The first kappa shape index (κ1) is 46.7. The van der Waals surface area contributed by atoms with Gasteiger partial charge in [0.25, 0.3) is 5.91 Å². The molecule has 0 saturated heterocycles. The average Bonchev–Trinajstić information content (AvgIpc) is 3.83. The molecule has 360 valence electrons. The molecule has 71 heavy (non-hydrogen) atoms. The Balaban J connectivity index is 0.000000136. The summed E-state index contributed by atoms with van der Waals surface area (Å²) in [6, 6.07) is 14.8. The Morgan fingerprint density at radius 1 is 0.648 bits per heavy atom. The van der Waals surface area contributed by atoms with E-state index in [4.69, 9.17) is 10.8 Å². The topological polar surface area (TPSA) is 276 Å². The number of hydrogen-bond acceptors (Lipinski definition) is 15. The molecular formula is C44H38Br2F2N20O3. The monoisotopic (exact) mass is 1090 g/mol. The first-order chi connectivity index (χ1) is 34.5. The largest absolute Gasteiger partial charge is 0.476 e. The quantitative estimate of drug-likeness (QED) is 0.133. The zero-order valence-electron chi connectivity index (χ0n) is 37.0. The summed E-state index contributed by atoms with van der Waals surface area (Å²) in [5, 5.41) is 48.5. The lowest BCUT2D eigenvalue weighted by atomic mass is 10.1. The van der Waals surface area contributed by atoms with Crippen molar-refractivity contribution in [3.63, 3.8) is 0 Å². The lowest BCUT2D eigenvalue weighted by Crippen LogP contribution is -2.24. The summed E-state index contributed by atoms with van der Waals surface area (Å²) in [4.78, 5) is 32.6. The van der Waals surface area contributed by atoms with Gasteiger partial charge in [0.15, 0.2) is 11.4 Å². The van der Waals surface area contributed by atoms with Crippen molar-refractivity contribution >= 4 is 55.0 Å². The fourth-order valence-electron chi connectivity index (χ4n) is 7.64. The highest BCUT2D eigenvalue weighted by Crippen LogP contribution is 2.40. The Labute approximate surface area is 416 Å². The van der Waals surface area contributed by atoms with Crippen LogP contribution in [0.4, 0.5) is 8.78 Å². The SMILES string of the molecule is NCc1c(-n2cnnn2)ccc(Br)c1F.O=C(NCc1c(-n2cnnn2)ccc(Br)c1F)c1cn(Cc2cn3cc(C4CC4)ccc3n2)nn1.O=C(O)c1cn(Cc2cn3cc(C4CC4)ccc3n2)nn1. The van der Waals surface area contributed by atoms with Crippen molar-refractivity contribution in [2.75, 3.05) is 0 Å². The molecule has 0 radical (unpaired) electrons. The van der Waals surface area contributed by atoms with Gasteiger partial charge in [-0.05, 0) is 138 Å². The number of amides is 1. The van der Waals surface area contributed by atoms with E-state index in [1.54, 1.807) is 28.9 Å². The number of carboxylic acids is 1. The van der Waals surface area contributed by atoms with Gasteiger partial charge in [0.1, 0.15) is 35.6 Å². The number of benzene rings is 2. The van der Waals surface area contributed by atoms with Gasteiger partial charge in [0, 0.05) is 49.0 Å². The van der Waals surface area contributed by atoms with E-state index in [0.717, 1.165) is 22.7 Å². The summed E-state index contributed by atoms with van der Waals surface area (Å²) in [6.07, 6.45) is 18.8. The molecular weight excluding hydrogens is 1050 g/mol. The van der Waals surface area contributed by atoms with Gasteiger partial charge in [-0.25, -0.2) is 42.3 Å². The van der Waals surface area contributed by atoms with Crippen LogP contribution in [-0.4, -0.2) is 106 Å². The Morgan fingerprint density at radius 2 is 1.14 bits per heavy atom. The second kappa shape index (κ2) is 20.1. The van der Waals surface area contributed by atoms with E-state index in [0.29, 0.717) is 46.3 Å². The molecule has 0 spiro atoms. The number of aromatic carboxylic acids is 1. The number of carbonyl (C=O) groups excluding carboxylic acids is 1. The standard InChI is InChI=1S/C22H18BrFN10O.C14H13N5O2.C8H7BrFN5/c23-17-4-5-19(34-12-26-29-31-34)16(21(17)24)7-25-22(35)18-11-33(30-28-18)10-15-9-32-8-14(13-1-2-13)3-6-20(32)27-15;20-14(21)12-8-19(17-16-12)7-11-6-18-5-10(9-1-2-9)3-4-13(18)15-11;9-6-1-2-7(5(3-11)8(6)10)15-4-12-13-14-15/h3-6,8-9,11-13H,1-2,7,10H2,(H,25,35);3-6,8-9H,1-2,7H2,(H,20,21);1-2,4H,3,11H2. The smallest absolute Gasteiger partial charge is 0.358 e. The summed E-state index contributed by atoms with van der Waals surface area (Å²) in [5.74, 6) is -1.10. The van der Waals surface area contributed by atoms with Crippen molar-refractivity contribution in [2.45, 2.75) is 63.7 Å². The molecule has 10 aromatic rings. The van der Waals surface area contributed by atoms with Crippen LogP contribution >= 0.6 is 31.9 Å². The number of aromatic nitrogens is 18. The van der Waals surface area contributed by atoms with E-state index in [2.05, 4.69) is 123 Å². The molecule has 2 saturated carbocycles. The first-order valence-corrected chi connectivity index (χ1v) is 23.4. The highest BCUT2D eigenvalue weighted by molar-refractivity contribution is 9.10. The van der Waals surface area contributed by atoms with Gasteiger partial charge in [0.2, 0.25) is 0 Å². The highest BCUT2D eigenvalue weighted by Gasteiger charge is 2.25. The van der Waals surface area contributed by atoms with Gasteiger partial charge in [0.05, 0.1) is 57.2 Å². The Hall–Kier alpha value is -8.04. The highest BCUT2D eigenvalue weighted by atomic mass is 79.9. The number of pyridine rings is 2. The normalized spacial score (nSPS) is 13.2. The second-order valence-electron chi connectivity index (χ2n) is 16.5. The molecule has 2 aliphatic rings. The van der Waals surface area contributed by atoms with Crippen molar-refractivity contribution < 1.29 is 23.5 Å². The Morgan fingerprint density at radius 3 is 1.61 bits per heavy atom. The summed E-state index contributed by atoms with van der Waals surface area (Å²) in [6.45, 7) is 0.757. The molecule has 12 rings (SSSR count). The van der Waals surface area contributed by atoms with Crippen molar-refractivity contribution in [3.05, 3.63) is 164 Å². The van der Waals surface area contributed by atoms with Gasteiger partial charge in [-0.2, -0.15) is 0 Å². The van der Waals surface area contributed by atoms with E-state index in [1.807, 2.05) is 33.3 Å². The number of carboxylic acid groups (broad SMARTS) is 1. The first-order valence-electron chi connectivity index (χ1n) is 21.8. The van der Waals surface area contributed by atoms with Crippen LogP contribution in [0, 0.1) is 11.6 Å². The molecule has 23 nitrogen and oxygen atoms in total. The molecule has 2 aromatic carbocycles. The maximum absolute atomic E-state index is 14.8. The molecule has 1 amide bonds. The minimum absolute atomic E-state index is 0.0604. The average molecular weight is 1090 g/mol. The summed E-state index contributed by atoms with van der Waals surface area (Å²) in [5.41, 5.74) is 13.1. The fraction of sp³-hybridized carbons (Fsp3) is 0.227. The molecule has 4 N–H and O–H groups in total. The van der Waals surface area contributed by atoms with Crippen molar-refractivity contribution in [2.24, 2.45) is 5.73 Å².